The van der Waals surface area contributed by atoms with Crippen molar-refractivity contribution in [1.29, 1.82) is 0 Å². The van der Waals surface area contributed by atoms with E-state index < -0.39 is 5.76 Å². The van der Waals surface area contributed by atoms with E-state index in [4.69, 9.17) is 16.0 Å². The summed E-state index contributed by atoms with van der Waals surface area (Å²) in [4.78, 5) is 26.6. The van der Waals surface area contributed by atoms with Crippen LogP contribution in [-0.4, -0.2) is 27.5 Å². The number of hydrogen-bond donors (Lipinski definition) is 0. The molecule has 1 fully saturated rings. The van der Waals surface area contributed by atoms with Crippen molar-refractivity contribution in [3.63, 3.8) is 0 Å². The number of amides is 1. The van der Waals surface area contributed by atoms with E-state index in [2.05, 4.69) is 13.8 Å². The summed E-state index contributed by atoms with van der Waals surface area (Å²) >= 11 is 5.90. The zero-order chi connectivity index (χ0) is 15.9. The van der Waals surface area contributed by atoms with Gasteiger partial charge in [0.2, 0.25) is 5.91 Å². The van der Waals surface area contributed by atoms with Crippen LogP contribution in [0.25, 0.3) is 11.1 Å². The number of benzene rings is 1. The largest absolute Gasteiger partial charge is 0.420 e. The Hall–Kier alpha value is -1.75. The number of piperidine rings is 1. The first-order valence-corrected chi connectivity index (χ1v) is 7.95. The van der Waals surface area contributed by atoms with Gasteiger partial charge in [0.25, 0.3) is 0 Å². The Morgan fingerprint density at radius 1 is 1.32 bits per heavy atom. The Morgan fingerprint density at radius 2 is 2.00 bits per heavy atom. The van der Waals surface area contributed by atoms with Crippen molar-refractivity contribution in [2.75, 3.05) is 0 Å². The minimum absolute atomic E-state index is 0.00213. The van der Waals surface area contributed by atoms with Crippen LogP contribution in [0.5, 0.6) is 0 Å². The topological polar surface area (TPSA) is 55.5 Å². The number of aromatic nitrogens is 1. The summed E-state index contributed by atoms with van der Waals surface area (Å²) in [7, 11) is 0. The van der Waals surface area contributed by atoms with Crippen molar-refractivity contribution >= 4 is 28.6 Å². The van der Waals surface area contributed by atoms with Crippen LogP contribution in [0, 0.1) is 0 Å². The van der Waals surface area contributed by atoms with Crippen molar-refractivity contribution in [3.05, 3.63) is 33.8 Å². The van der Waals surface area contributed by atoms with Crippen molar-refractivity contribution in [2.24, 2.45) is 0 Å². The van der Waals surface area contributed by atoms with Crippen LogP contribution in [0.3, 0.4) is 0 Å². The molecule has 1 saturated heterocycles. The summed E-state index contributed by atoms with van der Waals surface area (Å²) in [5.74, 6) is -0.567. The lowest BCUT2D eigenvalue weighted by molar-refractivity contribution is -0.137. The highest BCUT2D eigenvalue weighted by atomic mass is 35.5. The third-order valence-electron chi connectivity index (χ3n) is 4.41. The van der Waals surface area contributed by atoms with E-state index in [1.807, 2.05) is 4.90 Å². The molecule has 2 heterocycles. The molecule has 0 bridgehead atoms. The molecule has 0 spiro atoms. The third kappa shape index (κ3) is 2.65. The maximum absolute atomic E-state index is 12.6. The fourth-order valence-corrected chi connectivity index (χ4v) is 3.48. The summed E-state index contributed by atoms with van der Waals surface area (Å²) in [6.45, 7) is 4.12. The van der Waals surface area contributed by atoms with Gasteiger partial charge >= 0.3 is 5.76 Å². The molecule has 1 aliphatic heterocycles. The van der Waals surface area contributed by atoms with Crippen LogP contribution in [0.1, 0.15) is 33.1 Å². The van der Waals surface area contributed by atoms with E-state index in [0.29, 0.717) is 16.1 Å². The SMILES string of the molecule is C[C@H]1CCC[C@H](C)N1C(=O)Cn1c(=O)oc2cc(Cl)ccc21. The van der Waals surface area contributed by atoms with Crippen molar-refractivity contribution < 1.29 is 9.21 Å². The van der Waals surface area contributed by atoms with E-state index in [9.17, 15) is 9.59 Å². The van der Waals surface area contributed by atoms with Gasteiger partial charge in [-0.15, -0.1) is 0 Å². The molecular weight excluding hydrogens is 304 g/mol. The maximum atomic E-state index is 12.6. The predicted octanol–water partition coefficient (Wildman–Crippen LogP) is 3.04. The van der Waals surface area contributed by atoms with Gasteiger partial charge in [0.15, 0.2) is 5.58 Å². The summed E-state index contributed by atoms with van der Waals surface area (Å²) < 4.78 is 6.55. The molecule has 5 nitrogen and oxygen atoms in total. The van der Waals surface area contributed by atoms with E-state index in [-0.39, 0.29) is 24.5 Å². The third-order valence-corrected chi connectivity index (χ3v) is 4.64. The minimum atomic E-state index is -0.525. The van der Waals surface area contributed by atoms with Gasteiger partial charge in [-0.2, -0.15) is 0 Å². The quantitative estimate of drug-likeness (QED) is 0.854. The molecule has 22 heavy (non-hydrogen) atoms. The fourth-order valence-electron chi connectivity index (χ4n) is 3.32. The lowest BCUT2D eigenvalue weighted by Gasteiger charge is -2.39. The molecule has 1 aromatic heterocycles. The Bertz CT molecular complexity index is 754. The number of likely N-dealkylation sites (tertiary alicyclic amines) is 1. The van der Waals surface area contributed by atoms with Gasteiger partial charge in [-0.25, -0.2) is 4.79 Å². The van der Waals surface area contributed by atoms with E-state index in [0.717, 1.165) is 19.3 Å². The number of hydrogen-bond acceptors (Lipinski definition) is 3. The molecule has 118 valence electrons. The van der Waals surface area contributed by atoms with Crippen LogP contribution in [0.2, 0.25) is 5.02 Å². The zero-order valence-corrected chi connectivity index (χ0v) is 13.5. The van der Waals surface area contributed by atoms with Crippen molar-refractivity contribution in [3.8, 4) is 0 Å². The first-order valence-electron chi connectivity index (χ1n) is 7.57. The maximum Gasteiger partial charge on any atom is 0.420 e. The molecule has 1 aromatic carbocycles. The second kappa shape index (κ2) is 5.80. The standard InChI is InChI=1S/C16H19ClN2O3/c1-10-4-3-5-11(2)19(10)15(20)9-18-13-7-6-12(17)8-14(13)22-16(18)21/h6-8,10-11H,3-5,9H2,1-2H3/t10-,11-/m0/s1. The number of carbonyl (C=O) groups is 1. The monoisotopic (exact) mass is 322 g/mol. The summed E-state index contributed by atoms with van der Waals surface area (Å²) in [6.07, 6.45) is 3.15. The number of carbonyl (C=O) groups excluding carboxylic acids is 1. The van der Waals surface area contributed by atoms with Crippen LogP contribution in [0.15, 0.2) is 27.4 Å². The molecular formula is C16H19ClN2O3. The molecule has 0 radical (unpaired) electrons. The van der Waals surface area contributed by atoms with Gasteiger partial charge in [0.05, 0.1) is 5.52 Å². The number of nitrogens with zero attached hydrogens (tertiary/aromatic N) is 2. The van der Waals surface area contributed by atoms with Crippen LogP contribution >= 0.6 is 11.6 Å². The predicted molar refractivity (Wildman–Crippen MR) is 85.1 cm³/mol. The van der Waals surface area contributed by atoms with Gasteiger partial charge in [-0.1, -0.05) is 11.6 Å². The van der Waals surface area contributed by atoms with E-state index >= 15 is 0 Å². The normalized spacial score (nSPS) is 22.2. The molecule has 0 saturated carbocycles. The van der Waals surface area contributed by atoms with E-state index in [1.54, 1.807) is 18.2 Å². The minimum Gasteiger partial charge on any atom is -0.408 e. The first kappa shape index (κ1) is 15.2. The van der Waals surface area contributed by atoms with Gasteiger partial charge < -0.3 is 9.32 Å². The average molecular weight is 323 g/mol. The van der Waals surface area contributed by atoms with Gasteiger partial charge in [-0.05, 0) is 45.2 Å². The summed E-state index contributed by atoms with van der Waals surface area (Å²) in [6, 6.07) is 5.40. The molecule has 2 aromatic rings. The van der Waals surface area contributed by atoms with Crippen LogP contribution < -0.4 is 5.76 Å². The lowest BCUT2D eigenvalue weighted by atomic mass is 9.97. The fraction of sp³-hybridized carbons (Fsp3) is 0.500. The van der Waals surface area contributed by atoms with Crippen LogP contribution in [-0.2, 0) is 11.3 Å². The zero-order valence-electron chi connectivity index (χ0n) is 12.7. The van der Waals surface area contributed by atoms with Gasteiger partial charge in [0, 0.05) is 23.2 Å². The highest BCUT2D eigenvalue weighted by molar-refractivity contribution is 6.31. The molecule has 1 amide bonds. The Morgan fingerprint density at radius 3 is 2.68 bits per heavy atom. The molecule has 0 unspecified atom stereocenters. The lowest BCUT2D eigenvalue weighted by Crippen LogP contribution is -2.49. The molecule has 0 aliphatic carbocycles. The summed E-state index contributed by atoms with van der Waals surface area (Å²) in [5.41, 5.74) is 1.00. The highest BCUT2D eigenvalue weighted by Crippen LogP contribution is 2.23. The van der Waals surface area contributed by atoms with Crippen molar-refractivity contribution in [1.82, 2.24) is 9.47 Å². The van der Waals surface area contributed by atoms with Gasteiger partial charge in [-0.3, -0.25) is 9.36 Å². The molecule has 3 rings (SSSR count). The highest BCUT2D eigenvalue weighted by Gasteiger charge is 2.29. The average Bonchev–Trinajstić information content (AvgIpc) is 2.74. The number of fused-ring (bicyclic) bond motifs is 1. The molecule has 0 N–H and O–H groups in total. The number of rotatable bonds is 2. The Kier molecular flexibility index (Phi) is 4.00. The molecule has 1 aliphatic rings. The van der Waals surface area contributed by atoms with Crippen molar-refractivity contribution in [2.45, 2.75) is 51.7 Å². The summed E-state index contributed by atoms with van der Waals surface area (Å²) in [5, 5.41) is 0.498. The molecule has 2 atom stereocenters. The number of halogens is 1. The molecule has 6 heteroatoms. The Labute approximate surface area is 133 Å². The van der Waals surface area contributed by atoms with E-state index in [1.165, 1.54) is 4.57 Å². The second-order valence-electron chi connectivity index (χ2n) is 6.00. The second-order valence-corrected chi connectivity index (χ2v) is 6.43. The van der Waals surface area contributed by atoms with Crippen LogP contribution in [0.4, 0.5) is 0 Å². The smallest absolute Gasteiger partial charge is 0.408 e. The number of oxazole rings is 1. The van der Waals surface area contributed by atoms with Gasteiger partial charge in [0.1, 0.15) is 6.54 Å². The Balaban J connectivity index is 1.91. The first-order chi connectivity index (χ1) is 10.5.